The highest BCUT2D eigenvalue weighted by Crippen LogP contribution is 2.28. The molecule has 1 atom stereocenters. The summed E-state index contributed by atoms with van der Waals surface area (Å²) in [5, 5.41) is 12.2. The van der Waals surface area contributed by atoms with Crippen LogP contribution >= 0.6 is 0 Å². The maximum absolute atomic E-state index is 14.8. The molecule has 10 nitrogen and oxygen atoms in total. The fourth-order valence-electron chi connectivity index (χ4n) is 3.32. The number of hydrazine groups is 1. The van der Waals surface area contributed by atoms with Gasteiger partial charge in [0, 0.05) is 19.6 Å². The Hall–Kier alpha value is -3.06. The molecule has 2 fully saturated rings. The number of cyclic esters (lactones) is 1. The van der Waals surface area contributed by atoms with Gasteiger partial charge in [0.05, 0.1) is 31.0 Å². The molecule has 0 bridgehead atoms. The quantitative estimate of drug-likeness (QED) is 0.550. The molecule has 0 radical (unpaired) electrons. The molecule has 2 aliphatic rings. The second kappa shape index (κ2) is 9.83. The molecule has 13 heteroatoms. The Morgan fingerprint density at radius 2 is 2.06 bits per heavy atom. The Labute approximate surface area is 175 Å². The lowest BCUT2D eigenvalue weighted by molar-refractivity contribution is -0.137. The Balaban J connectivity index is 1.63. The van der Waals surface area contributed by atoms with Crippen LogP contribution in [0.3, 0.4) is 0 Å². The van der Waals surface area contributed by atoms with Gasteiger partial charge in [-0.25, -0.2) is 14.6 Å². The molecule has 2 aliphatic heterocycles. The lowest BCUT2D eigenvalue weighted by atomic mass is 10.2. The number of hydrogen-bond donors (Lipinski definition) is 3. The Morgan fingerprint density at radius 1 is 1.29 bits per heavy atom. The number of rotatable bonds is 6. The summed E-state index contributed by atoms with van der Waals surface area (Å²) in [4.78, 5) is 37.5. The summed E-state index contributed by atoms with van der Waals surface area (Å²) < 4.78 is 44.3. The topological polar surface area (TPSA) is 114 Å². The number of carbonyl (C=O) groups excluding carboxylic acids is 3. The summed E-state index contributed by atoms with van der Waals surface area (Å²) >= 11 is 0. The molecular weight excluding hydrogens is 423 g/mol. The molecular formula is C18H22F3N5O5. The predicted molar refractivity (Wildman–Crippen MR) is 102 cm³/mol. The van der Waals surface area contributed by atoms with E-state index in [0.29, 0.717) is 19.6 Å². The highest BCUT2D eigenvalue weighted by molar-refractivity contribution is 5.90. The number of alkyl halides is 2. The van der Waals surface area contributed by atoms with E-state index in [1.165, 1.54) is 17.1 Å². The van der Waals surface area contributed by atoms with Gasteiger partial charge in [-0.2, -0.15) is 8.78 Å². The normalized spacial score (nSPS) is 19.5. The molecule has 0 unspecified atom stereocenters. The average molecular weight is 445 g/mol. The van der Waals surface area contributed by atoms with Crippen LogP contribution in [-0.2, 0) is 14.3 Å². The van der Waals surface area contributed by atoms with Crippen LogP contribution in [-0.4, -0.2) is 86.4 Å². The van der Waals surface area contributed by atoms with Crippen molar-refractivity contribution in [2.75, 3.05) is 55.7 Å². The Bertz CT molecular complexity index is 843. The molecule has 3 amide bonds. The van der Waals surface area contributed by atoms with E-state index in [1.807, 2.05) is 5.32 Å². The van der Waals surface area contributed by atoms with Crippen LogP contribution in [0.4, 0.5) is 29.3 Å². The minimum absolute atomic E-state index is 0.0347. The number of nitrogens with zero attached hydrogens (tertiary/aromatic N) is 3. The van der Waals surface area contributed by atoms with E-state index in [4.69, 9.17) is 9.84 Å². The summed E-state index contributed by atoms with van der Waals surface area (Å²) in [5.41, 5.74) is 3.35. The van der Waals surface area contributed by atoms with E-state index in [1.54, 1.807) is 4.90 Å². The van der Waals surface area contributed by atoms with Crippen LogP contribution in [0.2, 0.25) is 0 Å². The number of hydrogen-bond acceptors (Lipinski definition) is 7. The summed E-state index contributed by atoms with van der Waals surface area (Å²) in [5.74, 6) is -2.54. The van der Waals surface area contributed by atoms with Gasteiger partial charge in [0.25, 0.3) is 11.8 Å². The maximum Gasteiger partial charge on any atom is 0.414 e. The molecule has 3 N–H and O–H groups in total. The third kappa shape index (κ3) is 5.35. The number of ether oxygens (including phenoxy) is 1. The van der Waals surface area contributed by atoms with Crippen molar-refractivity contribution in [2.24, 2.45) is 0 Å². The van der Waals surface area contributed by atoms with Gasteiger partial charge in [-0.1, -0.05) is 0 Å². The molecule has 0 saturated carbocycles. The highest BCUT2D eigenvalue weighted by Gasteiger charge is 2.33. The van der Waals surface area contributed by atoms with Crippen molar-refractivity contribution in [2.45, 2.75) is 12.5 Å². The van der Waals surface area contributed by atoms with E-state index in [-0.39, 0.29) is 31.0 Å². The standard InChI is InChI=1S/C18H22F3N5O5/c19-13-7-11(25-9-12(31-18(25)30)8-22-17(29)16(20)21)1-2-14(13)24-4-3-23-26(6-5-24)15(28)10-27/h1-2,7,12,16,23,27H,3-6,8-10H2,(H,22,29)/t12-/m0/s1. The van der Waals surface area contributed by atoms with Crippen LogP contribution in [0.15, 0.2) is 18.2 Å². The van der Waals surface area contributed by atoms with E-state index in [0.717, 1.165) is 11.0 Å². The van der Waals surface area contributed by atoms with E-state index < -0.39 is 42.9 Å². The Morgan fingerprint density at radius 3 is 2.74 bits per heavy atom. The second-order valence-electron chi connectivity index (χ2n) is 6.90. The number of nitrogens with one attached hydrogen (secondary N) is 2. The smallest absolute Gasteiger partial charge is 0.414 e. The SMILES string of the molecule is O=C(NC[C@H]1CN(c2ccc(N3CCNN(C(=O)CO)CC3)c(F)c2)C(=O)O1)C(F)F. The van der Waals surface area contributed by atoms with Crippen molar-refractivity contribution < 1.29 is 37.4 Å². The number of carbonyl (C=O) groups is 3. The summed E-state index contributed by atoms with van der Waals surface area (Å²) in [6.07, 6.45) is -4.79. The van der Waals surface area contributed by atoms with Crippen molar-refractivity contribution >= 4 is 29.3 Å². The van der Waals surface area contributed by atoms with Crippen LogP contribution in [0.5, 0.6) is 0 Å². The minimum Gasteiger partial charge on any atom is -0.442 e. The zero-order chi connectivity index (χ0) is 22.5. The number of benzene rings is 1. The summed E-state index contributed by atoms with van der Waals surface area (Å²) in [6.45, 7) is 0.385. The lowest BCUT2D eigenvalue weighted by Crippen LogP contribution is -2.45. The molecule has 170 valence electrons. The summed E-state index contributed by atoms with van der Waals surface area (Å²) in [7, 11) is 0. The number of aliphatic hydroxyl groups is 1. The number of amides is 3. The van der Waals surface area contributed by atoms with Gasteiger partial charge in [0.1, 0.15) is 18.5 Å². The van der Waals surface area contributed by atoms with Gasteiger partial charge in [-0.3, -0.25) is 19.5 Å². The minimum atomic E-state index is -3.17. The first-order valence-corrected chi connectivity index (χ1v) is 9.53. The van der Waals surface area contributed by atoms with Crippen LogP contribution in [0, 0.1) is 5.82 Å². The van der Waals surface area contributed by atoms with Crippen molar-refractivity contribution in [3.8, 4) is 0 Å². The summed E-state index contributed by atoms with van der Waals surface area (Å²) in [6, 6.07) is 4.17. The van der Waals surface area contributed by atoms with Gasteiger partial charge in [-0.15, -0.1) is 0 Å². The van der Waals surface area contributed by atoms with Gasteiger partial charge >= 0.3 is 12.5 Å². The van der Waals surface area contributed by atoms with Gasteiger partial charge in [-0.05, 0) is 18.2 Å². The average Bonchev–Trinajstić information content (AvgIpc) is 2.95. The first kappa shape index (κ1) is 22.6. The van der Waals surface area contributed by atoms with E-state index >= 15 is 0 Å². The number of halogens is 3. The van der Waals surface area contributed by atoms with Crippen LogP contribution in [0.1, 0.15) is 0 Å². The molecule has 2 saturated heterocycles. The van der Waals surface area contributed by atoms with Crippen molar-refractivity contribution in [1.29, 1.82) is 0 Å². The molecule has 2 heterocycles. The monoisotopic (exact) mass is 445 g/mol. The second-order valence-corrected chi connectivity index (χ2v) is 6.90. The lowest BCUT2D eigenvalue weighted by Gasteiger charge is -2.24. The molecule has 1 aromatic carbocycles. The maximum atomic E-state index is 14.8. The fourth-order valence-corrected chi connectivity index (χ4v) is 3.32. The van der Waals surface area contributed by atoms with Crippen molar-refractivity contribution in [1.82, 2.24) is 15.8 Å². The van der Waals surface area contributed by atoms with Crippen LogP contribution in [0.25, 0.3) is 0 Å². The van der Waals surface area contributed by atoms with Crippen molar-refractivity contribution in [3.05, 3.63) is 24.0 Å². The zero-order valence-corrected chi connectivity index (χ0v) is 16.4. The van der Waals surface area contributed by atoms with Gasteiger partial charge in [0.15, 0.2) is 0 Å². The van der Waals surface area contributed by atoms with Gasteiger partial charge in [0.2, 0.25) is 0 Å². The van der Waals surface area contributed by atoms with E-state index in [2.05, 4.69) is 5.43 Å². The third-order valence-electron chi connectivity index (χ3n) is 4.87. The molecule has 31 heavy (non-hydrogen) atoms. The zero-order valence-electron chi connectivity index (χ0n) is 16.4. The van der Waals surface area contributed by atoms with Crippen LogP contribution < -0.4 is 20.5 Å². The molecule has 0 aliphatic carbocycles. The Kier molecular flexibility index (Phi) is 7.17. The molecule has 0 spiro atoms. The van der Waals surface area contributed by atoms with Gasteiger partial charge < -0.3 is 20.1 Å². The molecule has 3 rings (SSSR count). The number of aliphatic hydroxyl groups excluding tert-OH is 1. The first-order chi connectivity index (χ1) is 14.8. The van der Waals surface area contributed by atoms with E-state index in [9.17, 15) is 27.6 Å². The molecule has 1 aromatic rings. The largest absolute Gasteiger partial charge is 0.442 e. The molecule has 0 aromatic heterocycles. The predicted octanol–water partition coefficient (Wildman–Crippen LogP) is -0.322. The van der Waals surface area contributed by atoms with Crippen molar-refractivity contribution in [3.63, 3.8) is 0 Å². The third-order valence-corrected chi connectivity index (χ3v) is 4.87. The number of anilines is 2. The highest BCUT2D eigenvalue weighted by atomic mass is 19.3. The first-order valence-electron chi connectivity index (χ1n) is 9.53. The fraction of sp³-hybridized carbons (Fsp3) is 0.500.